The zero-order valence-corrected chi connectivity index (χ0v) is 11.3. The van der Waals surface area contributed by atoms with Crippen molar-refractivity contribution in [2.75, 3.05) is 37.7 Å². The fraction of sp³-hybridized carbons (Fsp3) is 0.500. The maximum atomic E-state index is 11.4. The molecule has 0 fully saturated rings. The largest absolute Gasteiger partial charge is 0.490 e. The standard InChI is InChI=1S/C14H21N3O2/c1-2-7-15-14(18)16-8-9-17-10-11-19-13-6-4-3-5-12(13)17/h3-6H,2,7-11H2,1H3,(H2,15,16,18). The van der Waals surface area contributed by atoms with E-state index >= 15 is 0 Å². The Hall–Kier alpha value is -1.91. The van der Waals surface area contributed by atoms with Gasteiger partial charge in [0.25, 0.3) is 0 Å². The molecule has 1 aromatic rings. The molecule has 0 atom stereocenters. The first-order chi connectivity index (χ1) is 9.31. The summed E-state index contributed by atoms with van der Waals surface area (Å²) in [6.45, 7) is 5.72. The van der Waals surface area contributed by atoms with Gasteiger partial charge < -0.3 is 20.3 Å². The van der Waals surface area contributed by atoms with E-state index in [4.69, 9.17) is 4.74 Å². The number of anilines is 1. The van der Waals surface area contributed by atoms with Crippen LogP contribution in [0.3, 0.4) is 0 Å². The summed E-state index contributed by atoms with van der Waals surface area (Å²) in [4.78, 5) is 13.7. The molecule has 0 unspecified atom stereocenters. The van der Waals surface area contributed by atoms with Gasteiger partial charge >= 0.3 is 6.03 Å². The van der Waals surface area contributed by atoms with Crippen LogP contribution in [0.15, 0.2) is 24.3 Å². The first kappa shape index (κ1) is 13.5. The second kappa shape index (κ2) is 6.87. The predicted molar refractivity (Wildman–Crippen MR) is 75.8 cm³/mol. The Bertz CT molecular complexity index is 423. The molecule has 5 heteroatoms. The van der Waals surface area contributed by atoms with Crippen molar-refractivity contribution in [2.45, 2.75) is 13.3 Å². The topological polar surface area (TPSA) is 53.6 Å². The summed E-state index contributed by atoms with van der Waals surface area (Å²) in [6, 6.07) is 7.90. The van der Waals surface area contributed by atoms with E-state index in [-0.39, 0.29) is 6.03 Å². The normalized spacial score (nSPS) is 13.4. The maximum Gasteiger partial charge on any atom is 0.314 e. The van der Waals surface area contributed by atoms with Gasteiger partial charge in [-0.15, -0.1) is 0 Å². The van der Waals surface area contributed by atoms with Crippen LogP contribution in [-0.2, 0) is 0 Å². The van der Waals surface area contributed by atoms with Gasteiger partial charge in [0.2, 0.25) is 0 Å². The summed E-state index contributed by atoms with van der Waals surface area (Å²) in [7, 11) is 0. The van der Waals surface area contributed by atoms with Crippen LogP contribution in [0.5, 0.6) is 5.75 Å². The molecule has 1 heterocycles. The minimum atomic E-state index is -0.0941. The van der Waals surface area contributed by atoms with E-state index in [0.29, 0.717) is 19.7 Å². The molecule has 0 saturated heterocycles. The number of nitrogens with one attached hydrogen (secondary N) is 2. The van der Waals surface area contributed by atoms with E-state index in [0.717, 1.165) is 30.9 Å². The lowest BCUT2D eigenvalue weighted by molar-refractivity contribution is 0.241. The maximum absolute atomic E-state index is 11.4. The zero-order valence-electron chi connectivity index (χ0n) is 11.3. The number of fused-ring (bicyclic) bond motifs is 1. The third kappa shape index (κ3) is 3.77. The fourth-order valence-electron chi connectivity index (χ4n) is 2.06. The second-order valence-electron chi connectivity index (χ2n) is 4.49. The predicted octanol–water partition coefficient (Wildman–Crippen LogP) is 1.59. The van der Waals surface area contributed by atoms with E-state index in [9.17, 15) is 4.79 Å². The molecule has 2 rings (SSSR count). The number of hydrogen-bond acceptors (Lipinski definition) is 3. The van der Waals surface area contributed by atoms with Crippen molar-refractivity contribution in [2.24, 2.45) is 0 Å². The summed E-state index contributed by atoms with van der Waals surface area (Å²) in [5.74, 6) is 0.921. The summed E-state index contributed by atoms with van der Waals surface area (Å²) in [6.07, 6.45) is 0.949. The van der Waals surface area contributed by atoms with Gasteiger partial charge in [-0.25, -0.2) is 4.79 Å². The lowest BCUT2D eigenvalue weighted by Crippen LogP contribution is -2.42. The van der Waals surface area contributed by atoms with Crippen molar-refractivity contribution in [3.63, 3.8) is 0 Å². The molecular formula is C14H21N3O2. The molecule has 5 nitrogen and oxygen atoms in total. The number of urea groups is 1. The van der Waals surface area contributed by atoms with Crippen molar-refractivity contribution in [1.82, 2.24) is 10.6 Å². The van der Waals surface area contributed by atoms with E-state index in [1.54, 1.807) is 0 Å². The van der Waals surface area contributed by atoms with E-state index in [1.807, 2.05) is 31.2 Å². The van der Waals surface area contributed by atoms with Gasteiger partial charge in [0.15, 0.2) is 0 Å². The SMILES string of the molecule is CCCNC(=O)NCCN1CCOc2ccccc21. The Morgan fingerprint density at radius 1 is 1.32 bits per heavy atom. The molecule has 0 aromatic heterocycles. The highest BCUT2D eigenvalue weighted by atomic mass is 16.5. The molecule has 1 aliphatic heterocycles. The lowest BCUT2D eigenvalue weighted by atomic mass is 10.2. The molecule has 104 valence electrons. The summed E-state index contributed by atoms with van der Waals surface area (Å²) in [5, 5.41) is 5.66. The average molecular weight is 263 g/mol. The van der Waals surface area contributed by atoms with Crippen LogP contribution in [0.1, 0.15) is 13.3 Å². The second-order valence-corrected chi connectivity index (χ2v) is 4.49. The van der Waals surface area contributed by atoms with Crippen molar-refractivity contribution < 1.29 is 9.53 Å². The monoisotopic (exact) mass is 263 g/mol. The van der Waals surface area contributed by atoms with Crippen LogP contribution >= 0.6 is 0 Å². The Balaban J connectivity index is 1.80. The van der Waals surface area contributed by atoms with Crippen LogP contribution in [-0.4, -0.2) is 38.8 Å². The highest BCUT2D eigenvalue weighted by Gasteiger charge is 2.16. The van der Waals surface area contributed by atoms with Gasteiger partial charge in [0.05, 0.1) is 12.2 Å². The summed E-state index contributed by atoms with van der Waals surface area (Å²) < 4.78 is 5.59. The highest BCUT2D eigenvalue weighted by molar-refractivity contribution is 5.73. The van der Waals surface area contributed by atoms with Crippen LogP contribution in [0.2, 0.25) is 0 Å². The highest BCUT2D eigenvalue weighted by Crippen LogP contribution is 2.30. The molecule has 0 bridgehead atoms. The smallest absolute Gasteiger partial charge is 0.314 e. The lowest BCUT2D eigenvalue weighted by Gasteiger charge is -2.31. The number of ether oxygens (including phenoxy) is 1. The number of nitrogens with zero attached hydrogens (tertiary/aromatic N) is 1. The van der Waals surface area contributed by atoms with Gasteiger partial charge in [-0.05, 0) is 18.6 Å². The first-order valence-electron chi connectivity index (χ1n) is 6.79. The van der Waals surface area contributed by atoms with Crippen LogP contribution in [0, 0.1) is 0 Å². The zero-order chi connectivity index (χ0) is 13.5. The summed E-state index contributed by atoms with van der Waals surface area (Å²) in [5.41, 5.74) is 1.10. The molecule has 0 radical (unpaired) electrons. The molecule has 0 spiro atoms. The molecule has 0 saturated carbocycles. The van der Waals surface area contributed by atoms with Crippen molar-refractivity contribution >= 4 is 11.7 Å². The number of carbonyl (C=O) groups is 1. The molecule has 0 aliphatic carbocycles. The van der Waals surface area contributed by atoms with E-state index < -0.39 is 0 Å². The van der Waals surface area contributed by atoms with Gasteiger partial charge in [-0.3, -0.25) is 0 Å². The molecule has 1 aromatic carbocycles. The number of benzene rings is 1. The van der Waals surface area contributed by atoms with Crippen LogP contribution < -0.4 is 20.3 Å². The number of para-hydroxylation sites is 2. The van der Waals surface area contributed by atoms with Crippen molar-refractivity contribution in [1.29, 1.82) is 0 Å². The minimum absolute atomic E-state index is 0.0941. The van der Waals surface area contributed by atoms with Gasteiger partial charge in [0, 0.05) is 19.6 Å². The Kier molecular flexibility index (Phi) is 4.89. The molecule has 1 aliphatic rings. The fourth-order valence-corrected chi connectivity index (χ4v) is 2.06. The van der Waals surface area contributed by atoms with E-state index in [1.165, 1.54) is 0 Å². The Morgan fingerprint density at radius 3 is 2.95 bits per heavy atom. The number of rotatable bonds is 5. The summed E-state index contributed by atoms with van der Waals surface area (Å²) >= 11 is 0. The van der Waals surface area contributed by atoms with Gasteiger partial charge in [0.1, 0.15) is 12.4 Å². The first-order valence-corrected chi connectivity index (χ1v) is 6.79. The van der Waals surface area contributed by atoms with Crippen LogP contribution in [0.4, 0.5) is 10.5 Å². The molecule has 2 N–H and O–H groups in total. The molecule has 2 amide bonds. The van der Waals surface area contributed by atoms with Gasteiger partial charge in [-0.1, -0.05) is 19.1 Å². The van der Waals surface area contributed by atoms with Crippen LogP contribution in [0.25, 0.3) is 0 Å². The van der Waals surface area contributed by atoms with E-state index in [2.05, 4.69) is 15.5 Å². The number of carbonyl (C=O) groups excluding carboxylic acids is 1. The van der Waals surface area contributed by atoms with Gasteiger partial charge in [-0.2, -0.15) is 0 Å². The third-order valence-electron chi connectivity index (χ3n) is 3.03. The van der Waals surface area contributed by atoms with Crippen molar-refractivity contribution in [3.8, 4) is 5.75 Å². The number of hydrogen-bond donors (Lipinski definition) is 2. The third-order valence-corrected chi connectivity index (χ3v) is 3.03. The Labute approximate surface area is 113 Å². The minimum Gasteiger partial charge on any atom is -0.490 e. The Morgan fingerprint density at radius 2 is 2.11 bits per heavy atom. The quantitative estimate of drug-likeness (QED) is 0.848. The molecule has 19 heavy (non-hydrogen) atoms. The average Bonchev–Trinajstić information content (AvgIpc) is 2.45. The number of amides is 2. The van der Waals surface area contributed by atoms with Crippen molar-refractivity contribution in [3.05, 3.63) is 24.3 Å². The molecular weight excluding hydrogens is 242 g/mol.